The van der Waals surface area contributed by atoms with E-state index in [1.165, 1.54) is 0 Å². The number of Topliss-reactive ketones (excluding diaryl/α,β-unsaturated/α-hetero) is 1. The smallest absolute Gasteiger partial charge is 0.165 e. The number of hydrogen-bond donors (Lipinski definition) is 1. The molecule has 0 aliphatic carbocycles. The van der Waals surface area contributed by atoms with E-state index in [9.17, 15) is 4.79 Å². The van der Waals surface area contributed by atoms with Gasteiger partial charge in [0.2, 0.25) is 0 Å². The molecule has 0 saturated carbocycles. The van der Waals surface area contributed by atoms with E-state index in [1.807, 2.05) is 78.9 Å². The van der Waals surface area contributed by atoms with Crippen molar-refractivity contribution in [3.8, 4) is 0 Å². The first-order valence-electron chi connectivity index (χ1n) is 7.78. The second-order valence-electron chi connectivity index (χ2n) is 5.47. The zero-order valence-electron chi connectivity index (χ0n) is 12.9. The average molecular weight is 301 g/mol. The van der Waals surface area contributed by atoms with Gasteiger partial charge in [-0.15, -0.1) is 0 Å². The summed E-state index contributed by atoms with van der Waals surface area (Å²) in [6, 6.07) is 29.5. The number of ketones is 1. The second kappa shape index (κ2) is 7.41. The van der Waals surface area contributed by atoms with Crippen LogP contribution < -0.4 is 5.32 Å². The van der Waals surface area contributed by atoms with E-state index in [4.69, 9.17) is 0 Å². The summed E-state index contributed by atoms with van der Waals surface area (Å²) < 4.78 is 0. The van der Waals surface area contributed by atoms with Crippen molar-refractivity contribution in [1.82, 2.24) is 0 Å². The molecule has 0 radical (unpaired) electrons. The van der Waals surface area contributed by atoms with Gasteiger partial charge in [0.05, 0.1) is 6.04 Å². The molecule has 0 fully saturated rings. The normalized spacial score (nSPS) is 11.7. The van der Waals surface area contributed by atoms with E-state index in [0.29, 0.717) is 6.42 Å². The Bertz CT molecular complexity index is 739. The lowest BCUT2D eigenvalue weighted by Crippen LogP contribution is -2.15. The molecule has 2 nitrogen and oxygen atoms in total. The molecule has 0 aromatic heterocycles. The maximum absolute atomic E-state index is 12.6. The van der Waals surface area contributed by atoms with Gasteiger partial charge in [-0.3, -0.25) is 4.79 Å². The van der Waals surface area contributed by atoms with Gasteiger partial charge in [-0.05, 0) is 17.7 Å². The zero-order chi connectivity index (χ0) is 15.9. The topological polar surface area (TPSA) is 29.1 Å². The van der Waals surface area contributed by atoms with E-state index in [0.717, 1.165) is 16.8 Å². The average Bonchev–Trinajstić information content (AvgIpc) is 2.63. The van der Waals surface area contributed by atoms with Crippen LogP contribution in [0.5, 0.6) is 0 Å². The summed E-state index contributed by atoms with van der Waals surface area (Å²) in [4.78, 5) is 12.6. The fourth-order valence-electron chi connectivity index (χ4n) is 2.60. The predicted molar refractivity (Wildman–Crippen MR) is 94.6 cm³/mol. The summed E-state index contributed by atoms with van der Waals surface area (Å²) in [5, 5.41) is 3.48. The predicted octanol–water partition coefficient (Wildman–Crippen LogP) is 5.11. The Kier molecular flexibility index (Phi) is 4.85. The number of benzene rings is 3. The number of para-hydroxylation sites is 1. The first kappa shape index (κ1) is 15.0. The van der Waals surface area contributed by atoms with Crippen LogP contribution in [0.25, 0.3) is 0 Å². The van der Waals surface area contributed by atoms with Crippen LogP contribution >= 0.6 is 0 Å². The van der Waals surface area contributed by atoms with Crippen LogP contribution in [0, 0.1) is 0 Å². The molecule has 0 bridgehead atoms. The van der Waals surface area contributed by atoms with Gasteiger partial charge in [-0.2, -0.15) is 0 Å². The molecular formula is C21H19NO. The largest absolute Gasteiger partial charge is 0.378 e. The van der Waals surface area contributed by atoms with Crippen LogP contribution in [0.2, 0.25) is 0 Å². The molecule has 0 saturated heterocycles. The van der Waals surface area contributed by atoms with E-state index >= 15 is 0 Å². The summed E-state index contributed by atoms with van der Waals surface area (Å²) in [7, 11) is 0. The van der Waals surface area contributed by atoms with Crippen molar-refractivity contribution in [3.05, 3.63) is 102 Å². The lowest BCUT2D eigenvalue weighted by atomic mass is 9.97. The van der Waals surface area contributed by atoms with Gasteiger partial charge in [0, 0.05) is 17.7 Å². The SMILES string of the molecule is O=C(C[C@H](Nc1ccccc1)c1ccccc1)c1ccccc1. The van der Waals surface area contributed by atoms with E-state index < -0.39 is 0 Å². The summed E-state index contributed by atoms with van der Waals surface area (Å²) in [6.45, 7) is 0. The summed E-state index contributed by atoms with van der Waals surface area (Å²) in [5.74, 6) is 0.142. The minimum atomic E-state index is -0.0497. The molecule has 0 amide bonds. The van der Waals surface area contributed by atoms with Crippen molar-refractivity contribution in [2.75, 3.05) is 5.32 Å². The van der Waals surface area contributed by atoms with Crippen molar-refractivity contribution >= 4 is 11.5 Å². The van der Waals surface area contributed by atoms with Crippen LogP contribution in [0.1, 0.15) is 28.4 Å². The number of rotatable bonds is 6. The molecule has 0 unspecified atom stereocenters. The Balaban J connectivity index is 1.82. The van der Waals surface area contributed by atoms with Gasteiger partial charge in [0.25, 0.3) is 0 Å². The third-order valence-corrected chi connectivity index (χ3v) is 3.80. The van der Waals surface area contributed by atoms with Gasteiger partial charge < -0.3 is 5.32 Å². The molecule has 1 N–H and O–H groups in total. The molecule has 3 rings (SSSR count). The quantitative estimate of drug-likeness (QED) is 0.641. The molecule has 3 aromatic rings. The highest BCUT2D eigenvalue weighted by Gasteiger charge is 2.17. The highest BCUT2D eigenvalue weighted by Crippen LogP contribution is 2.24. The van der Waals surface area contributed by atoms with E-state index in [-0.39, 0.29) is 11.8 Å². The summed E-state index contributed by atoms with van der Waals surface area (Å²) in [5.41, 5.74) is 2.88. The molecule has 1 atom stereocenters. The molecule has 114 valence electrons. The Morgan fingerprint density at radius 3 is 1.87 bits per heavy atom. The van der Waals surface area contributed by atoms with Crippen LogP contribution in [-0.2, 0) is 0 Å². The van der Waals surface area contributed by atoms with E-state index in [2.05, 4.69) is 17.4 Å². The summed E-state index contributed by atoms with van der Waals surface area (Å²) in [6.07, 6.45) is 0.420. The molecule has 0 aliphatic rings. The minimum absolute atomic E-state index is 0.0497. The Morgan fingerprint density at radius 2 is 1.26 bits per heavy atom. The standard InChI is InChI=1S/C21H19NO/c23-21(18-12-6-2-7-13-18)16-20(17-10-4-1-5-11-17)22-19-14-8-3-9-15-19/h1-15,20,22H,16H2/t20-/m0/s1. The maximum Gasteiger partial charge on any atom is 0.165 e. The van der Waals surface area contributed by atoms with Gasteiger partial charge in [-0.25, -0.2) is 0 Å². The molecule has 0 spiro atoms. The Hall–Kier alpha value is -2.87. The highest BCUT2D eigenvalue weighted by molar-refractivity contribution is 5.96. The summed E-state index contributed by atoms with van der Waals surface area (Å²) >= 11 is 0. The van der Waals surface area contributed by atoms with Gasteiger partial charge in [-0.1, -0.05) is 78.9 Å². The molecular weight excluding hydrogens is 282 g/mol. The zero-order valence-corrected chi connectivity index (χ0v) is 12.9. The van der Waals surface area contributed by atoms with Gasteiger partial charge in [0.15, 0.2) is 5.78 Å². The number of anilines is 1. The van der Waals surface area contributed by atoms with Crippen LogP contribution in [0.4, 0.5) is 5.69 Å². The first-order valence-corrected chi connectivity index (χ1v) is 7.78. The molecule has 3 aromatic carbocycles. The Labute approximate surface area is 136 Å². The minimum Gasteiger partial charge on any atom is -0.378 e. The molecule has 0 heterocycles. The monoisotopic (exact) mass is 301 g/mol. The lowest BCUT2D eigenvalue weighted by molar-refractivity contribution is 0.0976. The van der Waals surface area contributed by atoms with Crippen molar-refractivity contribution in [2.24, 2.45) is 0 Å². The van der Waals surface area contributed by atoms with Crippen LogP contribution in [-0.4, -0.2) is 5.78 Å². The van der Waals surface area contributed by atoms with Crippen molar-refractivity contribution in [1.29, 1.82) is 0 Å². The third kappa shape index (κ3) is 4.07. The maximum atomic E-state index is 12.6. The van der Waals surface area contributed by atoms with Gasteiger partial charge >= 0.3 is 0 Å². The van der Waals surface area contributed by atoms with Crippen molar-refractivity contribution in [3.63, 3.8) is 0 Å². The number of carbonyl (C=O) groups is 1. The Morgan fingerprint density at radius 1 is 0.739 bits per heavy atom. The molecule has 2 heteroatoms. The highest BCUT2D eigenvalue weighted by atomic mass is 16.1. The number of nitrogens with one attached hydrogen (secondary N) is 1. The van der Waals surface area contributed by atoms with Crippen LogP contribution in [0.15, 0.2) is 91.0 Å². The van der Waals surface area contributed by atoms with Crippen molar-refractivity contribution < 1.29 is 4.79 Å². The fourth-order valence-corrected chi connectivity index (χ4v) is 2.60. The third-order valence-electron chi connectivity index (χ3n) is 3.80. The number of carbonyl (C=O) groups excluding carboxylic acids is 1. The number of hydrogen-bond acceptors (Lipinski definition) is 2. The second-order valence-corrected chi connectivity index (χ2v) is 5.47. The molecule has 0 aliphatic heterocycles. The van der Waals surface area contributed by atoms with Crippen LogP contribution in [0.3, 0.4) is 0 Å². The molecule has 23 heavy (non-hydrogen) atoms. The first-order chi connectivity index (χ1) is 11.3. The van der Waals surface area contributed by atoms with Crippen molar-refractivity contribution in [2.45, 2.75) is 12.5 Å². The fraction of sp³-hybridized carbons (Fsp3) is 0.0952. The lowest BCUT2D eigenvalue weighted by Gasteiger charge is -2.20. The van der Waals surface area contributed by atoms with Gasteiger partial charge in [0.1, 0.15) is 0 Å². The van der Waals surface area contributed by atoms with E-state index in [1.54, 1.807) is 0 Å².